The van der Waals surface area contributed by atoms with E-state index >= 15 is 0 Å². The SMILES string of the molecule is N#Cc1cc(-c2cc(-c3cccc(Br)c3)nc(-c3ccc(Br)cc3)n2)ccc1F. The molecule has 0 saturated heterocycles. The summed E-state index contributed by atoms with van der Waals surface area (Å²) < 4.78 is 15.7. The molecule has 6 heteroatoms. The first-order valence-corrected chi connectivity index (χ1v) is 10.2. The molecule has 4 aromatic rings. The largest absolute Gasteiger partial charge is 0.228 e. The van der Waals surface area contributed by atoms with Crippen LogP contribution in [0.25, 0.3) is 33.9 Å². The second kappa shape index (κ2) is 8.24. The Bertz CT molecular complexity index is 1250. The number of nitrogens with zero attached hydrogens (tertiary/aromatic N) is 3. The maximum Gasteiger partial charge on any atom is 0.160 e. The van der Waals surface area contributed by atoms with Crippen LogP contribution in [0.15, 0.2) is 81.7 Å². The minimum absolute atomic E-state index is 0.0182. The summed E-state index contributed by atoms with van der Waals surface area (Å²) in [5, 5.41) is 9.18. The summed E-state index contributed by atoms with van der Waals surface area (Å²) >= 11 is 6.93. The van der Waals surface area contributed by atoms with E-state index in [2.05, 4.69) is 36.8 Å². The van der Waals surface area contributed by atoms with Crippen molar-refractivity contribution < 1.29 is 4.39 Å². The van der Waals surface area contributed by atoms with Crippen molar-refractivity contribution in [3.05, 3.63) is 93.1 Å². The number of rotatable bonds is 3. The first-order chi connectivity index (χ1) is 14.0. The molecule has 0 saturated carbocycles. The molecule has 0 unspecified atom stereocenters. The standard InChI is InChI=1S/C23H12Br2FN3/c24-18-7-4-14(5-8-18)23-28-21(15-2-1-3-19(25)11-15)12-22(29-23)16-6-9-20(26)17(10-16)13-27/h1-12H. The average molecular weight is 509 g/mol. The fraction of sp³-hybridized carbons (Fsp3) is 0. The van der Waals surface area contributed by atoms with Crippen LogP contribution in [-0.2, 0) is 0 Å². The Balaban J connectivity index is 1.93. The van der Waals surface area contributed by atoms with E-state index in [0.717, 1.165) is 25.8 Å². The summed E-state index contributed by atoms with van der Waals surface area (Å²) in [6.07, 6.45) is 0. The van der Waals surface area contributed by atoms with Crippen molar-refractivity contribution in [1.29, 1.82) is 5.26 Å². The van der Waals surface area contributed by atoms with Gasteiger partial charge in [0.1, 0.15) is 11.9 Å². The van der Waals surface area contributed by atoms with Gasteiger partial charge in [-0.15, -0.1) is 0 Å². The molecular formula is C23H12Br2FN3. The molecule has 0 aliphatic carbocycles. The van der Waals surface area contributed by atoms with E-state index in [1.807, 2.05) is 60.7 Å². The van der Waals surface area contributed by atoms with Gasteiger partial charge in [0, 0.05) is 25.6 Å². The Kier molecular flexibility index (Phi) is 5.52. The van der Waals surface area contributed by atoms with Crippen LogP contribution in [0.5, 0.6) is 0 Å². The lowest BCUT2D eigenvalue weighted by molar-refractivity contribution is 0.624. The fourth-order valence-electron chi connectivity index (χ4n) is 2.89. The molecular weight excluding hydrogens is 497 g/mol. The summed E-state index contributed by atoms with van der Waals surface area (Å²) in [7, 11) is 0. The van der Waals surface area contributed by atoms with Crippen LogP contribution >= 0.6 is 31.9 Å². The van der Waals surface area contributed by atoms with Crippen molar-refractivity contribution >= 4 is 31.9 Å². The van der Waals surface area contributed by atoms with Crippen molar-refractivity contribution in [1.82, 2.24) is 9.97 Å². The third-order valence-electron chi connectivity index (χ3n) is 4.33. The van der Waals surface area contributed by atoms with Crippen LogP contribution < -0.4 is 0 Å². The van der Waals surface area contributed by atoms with Gasteiger partial charge in [0.15, 0.2) is 5.82 Å². The molecule has 4 rings (SSSR count). The van der Waals surface area contributed by atoms with Crippen LogP contribution in [0.1, 0.15) is 5.56 Å². The molecule has 0 N–H and O–H groups in total. The Hall–Kier alpha value is -2.88. The molecule has 0 radical (unpaired) electrons. The topological polar surface area (TPSA) is 49.6 Å². The van der Waals surface area contributed by atoms with Crippen molar-refractivity contribution in [2.24, 2.45) is 0 Å². The lowest BCUT2D eigenvalue weighted by atomic mass is 10.0. The highest BCUT2D eigenvalue weighted by atomic mass is 79.9. The Morgan fingerprint density at radius 1 is 0.724 bits per heavy atom. The van der Waals surface area contributed by atoms with Gasteiger partial charge in [-0.2, -0.15) is 5.26 Å². The Morgan fingerprint density at radius 2 is 1.38 bits per heavy atom. The average Bonchev–Trinajstić information content (AvgIpc) is 2.74. The third kappa shape index (κ3) is 4.26. The van der Waals surface area contributed by atoms with E-state index in [1.165, 1.54) is 12.1 Å². The minimum atomic E-state index is -0.550. The zero-order valence-electron chi connectivity index (χ0n) is 14.9. The lowest BCUT2D eigenvalue weighted by Crippen LogP contribution is -1.96. The van der Waals surface area contributed by atoms with Crippen LogP contribution in [0, 0.1) is 17.1 Å². The molecule has 0 aliphatic rings. The molecule has 1 heterocycles. The highest BCUT2D eigenvalue weighted by Gasteiger charge is 2.12. The number of nitriles is 1. The van der Waals surface area contributed by atoms with E-state index < -0.39 is 5.82 Å². The summed E-state index contributed by atoms with van der Waals surface area (Å²) in [5.74, 6) is -0.00143. The smallest absolute Gasteiger partial charge is 0.160 e. The fourth-order valence-corrected chi connectivity index (χ4v) is 3.55. The molecule has 140 valence electrons. The first-order valence-electron chi connectivity index (χ1n) is 8.64. The molecule has 0 fully saturated rings. The molecule has 0 spiro atoms. The zero-order chi connectivity index (χ0) is 20.4. The maximum absolute atomic E-state index is 13.8. The lowest BCUT2D eigenvalue weighted by Gasteiger charge is -2.10. The first kappa shape index (κ1) is 19.4. The monoisotopic (exact) mass is 507 g/mol. The molecule has 0 aliphatic heterocycles. The highest BCUT2D eigenvalue weighted by Crippen LogP contribution is 2.30. The minimum Gasteiger partial charge on any atom is -0.228 e. The van der Waals surface area contributed by atoms with E-state index in [1.54, 1.807) is 6.07 Å². The number of hydrogen-bond acceptors (Lipinski definition) is 3. The second-order valence-electron chi connectivity index (χ2n) is 6.29. The molecule has 0 atom stereocenters. The summed E-state index contributed by atoms with van der Waals surface area (Å²) in [4.78, 5) is 9.43. The van der Waals surface area contributed by atoms with E-state index in [0.29, 0.717) is 17.1 Å². The molecule has 3 aromatic carbocycles. The summed E-state index contributed by atoms with van der Waals surface area (Å²) in [5.41, 5.74) is 3.76. The van der Waals surface area contributed by atoms with E-state index in [4.69, 9.17) is 4.98 Å². The van der Waals surface area contributed by atoms with Gasteiger partial charge in [-0.1, -0.05) is 56.1 Å². The number of halogens is 3. The maximum atomic E-state index is 13.8. The van der Waals surface area contributed by atoms with Gasteiger partial charge in [-0.05, 0) is 48.5 Å². The Morgan fingerprint density at radius 3 is 2.03 bits per heavy atom. The van der Waals surface area contributed by atoms with Gasteiger partial charge >= 0.3 is 0 Å². The molecule has 29 heavy (non-hydrogen) atoms. The van der Waals surface area contributed by atoms with E-state index in [-0.39, 0.29) is 5.56 Å². The van der Waals surface area contributed by atoms with Crippen molar-refractivity contribution in [2.75, 3.05) is 0 Å². The normalized spacial score (nSPS) is 10.6. The molecule has 0 bridgehead atoms. The molecule has 3 nitrogen and oxygen atoms in total. The van der Waals surface area contributed by atoms with Gasteiger partial charge in [-0.25, -0.2) is 14.4 Å². The van der Waals surface area contributed by atoms with Gasteiger partial charge < -0.3 is 0 Å². The van der Waals surface area contributed by atoms with Gasteiger partial charge in [0.05, 0.1) is 17.0 Å². The van der Waals surface area contributed by atoms with Crippen molar-refractivity contribution in [3.63, 3.8) is 0 Å². The van der Waals surface area contributed by atoms with Gasteiger partial charge in [-0.3, -0.25) is 0 Å². The second-order valence-corrected chi connectivity index (χ2v) is 8.12. The molecule has 1 aromatic heterocycles. The van der Waals surface area contributed by atoms with Gasteiger partial charge in [0.25, 0.3) is 0 Å². The highest BCUT2D eigenvalue weighted by molar-refractivity contribution is 9.10. The number of aromatic nitrogens is 2. The van der Waals surface area contributed by atoms with E-state index in [9.17, 15) is 9.65 Å². The van der Waals surface area contributed by atoms with Crippen molar-refractivity contribution in [2.45, 2.75) is 0 Å². The molecule has 0 amide bonds. The quantitative estimate of drug-likeness (QED) is 0.299. The predicted molar refractivity (Wildman–Crippen MR) is 118 cm³/mol. The van der Waals surface area contributed by atoms with Crippen LogP contribution in [0.3, 0.4) is 0 Å². The summed E-state index contributed by atoms with van der Waals surface area (Å²) in [6, 6.07) is 23.7. The zero-order valence-corrected chi connectivity index (χ0v) is 18.1. The number of hydrogen-bond donors (Lipinski definition) is 0. The van der Waals surface area contributed by atoms with Crippen molar-refractivity contribution in [3.8, 4) is 40.0 Å². The summed E-state index contributed by atoms with van der Waals surface area (Å²) in [6.45, 7) is 0. The Labute approximate surface area is 184 Å². The third-order valence-corrected chi connectivity index (χ3v) is 5.35. The van der Waals surface area contributed by atoms with Crippen LogP contribution in [-0.4, -0.2) is 9.97 Å². The van der Waals surface area contributed by atoms with Gasteiger partial charge in [0.2, 0.25) is 0 Å². The van der Waals surface area contributed by atoms with Crippen LogP contribution in [0.4, 0.5) is 4.39 Å². The predicted octanol–water partition coefficient (Wildman–Crippen LogP) is 7.01. The van der Waals surface area contributed by atoms with Crippen LogP contribution in [0.2, 0.25) is 0 Å². The number of benzene rings is 3.